The molecule has 0 unspecified atom stereocenters. The molecule has 0 aromatic carbocycles. The lowest BCUT2D eigenvalue weighted by molar-refractivity contribution is 0.509. The maximum Gasteiger partial charge on any atom is 0.209 e. The molecule has 1 saturated carbocycles. The minimum absolute atomic E-state index is 0.168. The number of nitrogens with one attached hydrogen (secondary N) is 1. The zero-order chi connectivity index (χ0) is 13.7. The molecule has 108 valence electrons. The number of sulfone groups is 1. The van der Waals surface area contributed by atoms with Gasteiger partial charge in [-0.3, -0.25) is 0 Å². The van der Waals surface area contributed by atoms with Gasteiger partial charge in [-0.25, -0.2) is 13.1 Å². The maximum atomic E-state index is 11.4. The Hall–Kier alpha value is -0.670. The van der Waals surface area contributed by atoms with Gasteiger partial charge in [-0.2, -0.15) is 0 Å². The van der Waals surface area contributed by atoms with Gasteiger partial charge >= 0.3 is 0 Å². The lowest BCUT2D eigenvalue weighted by Crippen LogP contribution is -2.22. The number of thioether (sulfide) groups is 1. The van der Waals surface area contributed by atoms with E-state index < -0.39 is 9.84 Å². The van der Waals surface area contributed by atoms with Crippen LogP contribution in [0.3, 0.4) is 0 Å². The zero-order valence-corrected chi connectivity index (χ0v) is 12.6. The second-order valence-electron chi connectivity index (χ2n) is 4.50. The van der Waals surface area contributed by atoms with Crippen molar-refractivity contribution < 1.29 is 8.42 Å². The monoisotopic (exact) mass is 305 g/mol. The number of aromatic nitrogens is 4. The molecule has 1 N–H and O–H groups in total. The Labute approximate surface area is 117 Å². The Morgan fingerprint density at radius 2 is 2.26 bits per heavy atom. The fourth-order valence-electron chi connectivity index (χ4n) is 1.51. The van der Waals surface area contributed by atoms with E-state index in [-0.39, 0.29) is 11.5 Å². The molecule has 1 heterocycles. The SMILES string of the molecule is CCS(=O)(=O)CCSc1nnnn1CCNC1CC1. The zero-order valence-electron chi connectivity index (χ0n) is 10.9. The maximum absolute atomic E-state index is 11.4. The highest BCUT2D eigenvalue weighted by molar-refractivity contribution is 8.00. The van der Waals surface area contributed by atoms with E-state index in [4.69, 9.17) is 0 Å². The van der Waals surface area contributed by atoms with E-state index in [0.717, 1.165) is 6.54 Å². The summed E-state index contributed by atoms with van der Waals surface area (Å²) >= 11 is 1.39. The van der Waals surface area contributed by atoms with Crippen molar-refractivity contribution in [2.75, 3.05) is 23.8 Å². The van der Waals surface area contributed by atoms with Gasteiger partial charge in [0, 0.05) is 24.1 Å². The van der Waals surface area contributed by atoms with Gasteiger partial charge in [0.2, 0.25) is 5.16 Å². The lowest BCUT2D eigenvalue weighted by atomic mass is 10.6. The summed E-state index contributed by atoms with van der Waals surface area (Å²) in [7, 11) is -2.92. The van der Waals surface area contributed by atoms with E-state index >= 15 is 0 Å². The molecule has 1 aromatic rings. The van der Waals surface area contributed by atoms with Gasteiger partial charge in [0.1, 0.15) is 0 Å². The Kier molecular flexibility index (Phi) is 5.17. The predicted octanol–water partition coefficient (Wildman–Crippen LogP) is -0.0481. The van der Waals surface area contributed by atoms with Gasteiger partial charge in [-0.15, -0.1) is 5.10 Å². The van der Waals surface area contributed by atoms with Gasteiger partial charge in [0.15, 0.2) is 9.84 Å². The fourth-order valence-corrected chi connectivity index (χ4v) is 3.70. The smallest absolute Gasteiger partial charge is 0.209 e. The molecule has 0 spiro atoms. The van der Waals surface area contributed by atoms with E-state index in [1.165, 1.54) is 24.6 Å². The first-order valence-electron chi connectivity index (χ1n) is 6.43. The number of nitrogens with zero attached hydrogens (tertiary/aromatic N) is 4. The third-order valence-electron chi connectivity index (χ3n) is 2.90. The van der Waals surface area contributed by atoms with Gasteiger partial charge in [0.25, 0.3) is 0 Å². The van der Waals surface area contributed by atoms with Crippen molar-refractivity contribution in [3.63, 3.8) is 0 Å². The van der Waals surface area contributed by atoms with Crippen LogP contribution in [0.1, 0.15) is 19.8 Å². The van der Waals surface area contributed by atoms with E-state index in [2.05, 4.69) is 20.8 Å². The highest BCUT2D eigenvalue weighted by Gasteiger charge is 2.20. The molecule has 7 nitrogen and oxygen atoms in total. The molecule has 2 rings (SSSR count). The summed E-state index contributed by atoms with van der Waals surface area (Å²) in [5.74, 6) is 0.845. The first-order chi connectivity index (χ1) is 9.11. The molecule has 1 aliphatic carbocycles. The van der Waals surface area contributed by atoms with Crippen molar-refractivity contribution in [1.82, 2.24) is 25.5 Å². The molecular formula is C10H19N5O2S2. The van der Waals surface area contributed by atoms with Gasteiger partial charge < -0.3 is 5.32 Å². The van der Waals surface area contributed by atoms with Gasteiger partial charge in [0.05, 0.1) is 12.3 Å². The highest BCUT2D eigenvalue weighted by Crippen LogP contribution is 2.18. The Balaban J connectivity index is 1.74. The number of tetrazole rings is 1. The average Bonchev–Trinajstić information content (AvgIpc) is 3.10. The van der Waals surface area contributed by atoms with Crippen LogP contribution in [0.4, 0.5) is 0 Å². The summed E-state index contributed by atoms with van der Waals surface area (Å²) in [6, 6.07) is 0.669. The van der Waals surface area contributed by atoms with Crippen molar-refractivity contribution in [2.45, 2.75) is 37.5 Å². The molecule has 1 aliphatic rings. The Morgan fingerprint density at radius 3 is 2.95 bits per heavy atom. The third-order valence-corrected chi connectivity index (χ3v) is 5.82. The van der Waals surface area contributed by atoms with Gasteiger partial charge in [-0.05, 0) is 23.3 Å². The molecule has 0 saturated heterocycles. The van der Waals surface area contributed by atoms with Crippen LogP contribution in [0.5, 0.6) is 0 Å². The van der Waals surface area contributed by atoms with Crippen molar-refractivity contribution in [3.05, 3.63) is 0 Å². The number of hydrogen-bond acceptors (Lipinski definition) is 7. The minimum atomic E-state index is -2.92. The van der Waals surface area contributed by atoms with Crippen molar-refractivity contribution in [1.29, 1.82) is 0 Å². The van der Waals surface area contributed by atoms with Gasteiger partial charge in [-0.1, -0.05) is 18.7 Å². The normalized spacial score (nSPS) is 15.8. The molecule has 19 heavy (non-hydrogen) atoms. The molecule has 0 atom stereocenters. The van der Waals surface area contributed by atoms with Crippen molar-refractivity contribution in [2.24, 2.45) is 0 Å². The molecular weight excluding hydrogens is 286 g/mol. The van der Waals surface area contributed by atoms with Crippen LogP contribution in [-0.4, -0.2) is 58.5 Å². The molecule has 0 amide bonds. The molecule has 9 heteroatoms. The quantitative estimate of drug-likeness (QED) is 0.640. The second kappa shape index (κ2) is 6.67. The third kappa shape index (κ3) is 5.07. The topological polar surface area (TPSA) is 89.8 Å². The average molecular weight is 305 g/mol. The lowest BCUT2D eigenvalue weighted by Gasteiger charge is -2.05. The summed E-state index contributed by atoms with van der Waals surface area (Å²) in [4.78, 5) is 0. The largest absolute Gasteiger partial charge is 0.312 e. The molecule has 0 bridgehead atoms. The molecule has 0 aliphatic heterocycles. The Bertz CT molecular complexity index is 498. The number of rotatable bonds is 9. The van der Waals surface area contributed by atoms with Crippen LogP contribution in [0, 0.1) is 0 Å². The predicted molar refractivity (Wildman–Crippen MR) is 73.9 cm³/mol. The van der Waals surface area contributed by atoms with Crippen molar-refractivity contribution in [3.8, 4) is 0 Å². The first kappa shape index (κ1) is 14.7. The summed E-state index contributed by atoms with van der Waals surface area (Å²) in [5, 5.41) is 15.5. The summed E-state index contributed by atoms with van der Waals surface area (Å²) in [5.41, 5.74) is 0. The van der Waals surface area contributed by atoms with Crippen LogP contribution in [0.2, 0.25) is 0 Å². The minimum Gasteiger partial charge on any atom is -0.312 e. The molecule has 1 aromatic heterocycles. The number of hydrogen-bond donors (Lipinski definition) is 1. The summed E-state index contributed by atoms with van der Waals surface area (Å²) in [6.45, 7) is 3.22. The Morgan fingerprint density at radius 1 is 1.47 bits per heavy atom. The van der Waals surface area contributed by atoms with Crippen molar-refractivity contribution >= 4 is 21.6 Å². The van der Waals surface area contributed by atoms with Crippen LogP contribution < -0.4 is 5.32 Å². The van der Waals surface area contributed by atoms with E-state index in [9.17, 15) is 8.42 Å². The van der Waals surface area contributed by atoms with Crippen LogP contribution >= 0.6 is 11.8 Å². The highest BCUT2D eigenvalue weighted by atomic mass is 32.2. The molecule has 1 fully saturated rings. The molecule has 0 radical (unpaired) electrons. The fraction of sp³-hybridized carbons (Fsp3) is 0.900. The first-order valence-corrected chi connectivity index (χ1v) is 9.24. The standard InChI is InChI=1S/C10H19N5O2S2/c1-2-19(16,17)8-7-18-10-12-13-14-15(10)6-5-11-9-3-4-9/h9,11H,2-8H2,1H3. The summed E-state index contributed by atoms with van der Waals surface area (Å²) < 4.78 is 24.5. The van der Waals surface area contributed by atoms with E-state index in [0.29, 0.717) is 23.5 Å². The van der Waals surface area contributed by atoms with E-state index in [1.807, 2.05) is 0 Å². The second-order valence-corrected chi connectivity index (χ2v) is 8.03. The van der Waals surface area contributed by atoms with Crippen LogP contribution in [-0.2, 0) is 16.4 Å². The van der Waals surface area contributed by atoms with Crippen LogP contribution in [0.25, 0.3) is 0 Å². The van der Waals surface area contributed by atoms with E-state index in [1.54, 1.807) is 11.6 Å². The van der Waals surface area contributed by atoms with Crippen LogP contribution in [0.15, 0.2) is 5.16 Å². The summed E-state index contributed by atoms with van der Waals surface area (Å²) in [6.07, 6.45) is 2.51.